The summed E-state index contributed by atoms with van der Waals surface area (Å²) in [5.74, 6) is 0. The van der Waals surface area contributed by atoms with Gasteiger partial charge in [-0.2, -0.15) is 0 Å². The van der Waals surface area contributed by atoms with E-state index in [1.54, 1.807) is 40.9 Å². The molecule has 38 heavy (non-hydrogen) atoms. The van der Waals surface area contributed by atoms with E-state index in [2.05, 4.69) is 10.0 Å². The van der Waals surface area contributed by atoms with Crippen LogP contribution < -0.4 is 10.0 Å². The van der Waals surface area contributed by atoms with Crippen molar-refractivity contribution < 1.29 is 22.7 Å². The Kier molecular flexibility index (Phi) is 10.6. The van der Waals surface area contributed by atoms with Gasteiger partial charge in [0, 0.05) is 41.3 Å². The number of unbranched alkanes of at least 4 members (excludes halogenated alkanes) is 1. The number of thiophene rings is 2. The van der Waals surface area contributed by atoms with E-state index in [0.29, 0.717) is 32.2 Å². The van der Waals surface area contributed by atoms with Gasteiger partial charge in [-0.05, 0) is 68.6 Å². The number of alkyl carbamates (subject to hydrolysis) is 1. The van der Waals surface area contributed by atoms with E-state index in [9.17, 15) is 18.0 Å². The van der Waals surface area contributed by atoms with Crippen LogP contribution in [0.1, 0.15) is 49.8 Å². The first kappa shape index (κ1) is 30.0. The number of carbonyl (C=O) groups is 2. The van der Waals surface area contributed by atoms with E-state index in [1.807, 2.05) is 60.7 Å². The van der Waals surface area contributed by atoms with Crippen molar-refractivity contribution in [2.75, 3.05) is 6.54 Å². The van der Waals surface area contributed by atoms with Crippen molar-refractivity contribution in [2.24, 2.45) is 0 Å². The van der Waals surface area contributed by atoms with Crippen molar-refractivity contribution in [1.29, 1.82) is 0 Å². The maximum Gasteiger partial charge on any atom is 0.409 e. The van der Waals surface area contributed by atoms with Crippen LogP contribution in [0.2, 0.25) is 0 Å². The molecule has 8 nitrogen and oxygen atoms in total. The molecule has 0 saturated heterocycles. The minimum atomic E-state index is -3.63. The molecule has 0 unspecified atom stereocenters. The zero-order valence-electron chi connectivity index (χ0n) is 21.9. The average Bonchev–Trinajstić information content (AvgIpc) is 3.57. The van der Waals surface area contributed by atoms with Crippen molar-refractivity contribution >= 4 is 45.1 Å². The summed E-state index contributed by atoms with van der Waals surface area (Å²) in [4.78, 5) is 29.8. The lowest BCUT2D eigenvalue weighted by molar-refractivity contribution is -0.154. The Hall–Kier alpha value is -2.57. The van der Waals surface area contributed by atoms with Gasteiger partial charge >= 0.3 is 6.09 Å². The van der Waals surface area contributed by atoms with Crippen LogP contribution in [0, 0.1) is 0 Å². The largest absolute Gasteiger partial charge is 0.420 e. The molecule has 0 aliphatic heterocycles. The Morgan fingerprint density at radius 2 is 1.55 bits per heavy atom. The molecule has 3 rings (SSSR count). The first-order valence-corrected chi connectivity index (χ1v) is 15.6. The number of nitrogens with one attached hydrogen (secondary N) is 2. The molecule has 11 heteroatoms. The number of ether oxygens (including phenoxy) is 1. The van der Waals surface area contributed by atoms with Crippen molar-refractivity contribution in [3.8, 4) is 0 Å². The standard InChI is InChI=1S/C27H35N3O5S3/c1-26(2,3)29-25(32)35-27(21-31,15-7-8-16-28-38(33,34)24-13-5-4-6-14-24)30(19-22-11-9-17-36-22)20-23-12-10-18-37-23/h4-6,9-14,17-18,21,28H,7-8,15-16,19-20H2,1-3H3,(H,29,32)/t27-/m0/s1. The van der Waals surface area contributed by atoms with Crippen LogP contribution >= 0.6 is 22.7 Å². The van der Waals surface area contributed by atoms with Gasteiger partial charge in [-0.1, -0.05) is 30.3 Å². The Morgan fingerprint density at radius 3 is 2.05 bits per heavy atom. The van der Waals surface area contributed by atoms with Gasteiger partial charge in [0.25, 0.3) is 0 Å². The number of sulfonamides is 1. The first-order chi connectivity index (χ1) is 18.0. The van der Waals surface area contributed by atoms with E-state index < -0.39 is 27.4 Å². The molecule has 3 aromatic rings. The smallest absolute Gasteiger partial charge is 0.409 e. The zero-order valence-corrected chi connectivity index (χ0v) is 24.3. The normalized spacial score (nSPS) is 13.7. The van der Waals surface area contributed by atoms with Crippen molar-refractivity contribution in [2.45, 2.75) is 69.3 Å². The Bertz CT molecular complexity index is 1200. The third kappa shape index (κ3) is 9.02. The number of amides is 1. The molecule has 1 aromatic carbocycles. The van der Waals surface area contributed by atoms with Gasteiger partial charge in [0.05, 0.1) is 4.90 Å². The van der Waals surface area contributed by atoms with Gasteiger partial charge in [0.1, 0.15) is 0 Å². The first-order valence-electron chi connectivity index (χ1n) is 12.3. The molecular weight excluding hydrogens is 543 g/mol. The fourth-order valence-electron chi connectivity index (χ4n) is 3.82. The second kappa shape index (κ2) is 13.5. The number of nitrogens with zero attached hydrogens (tertiary/aromatic N) is 1. The number of carbonyl (C=O) groups excluding carboxylic acids is 2. The van der Waals surface area contributed by atoms with Gasteiger partial charge in [-0.3, -0.25) is 4.79 Å². The van der Waals surface area contributed by atoms with E-state index in [4.69, 9.17) is 4.74 Å². The predicted octanol–water partition coefficient (Wildman–Crippen LogP) is 5.38. The summed E-state index contributed by atoms with van der Waals surface area (Å²) < 4.78 is 33.6. The van der Waals surface area contributed by atoms with Gasteiger partial charge in [0.2, 0.25) is 15.7 Å². The fraction of sp³-hybridized carbons (Fsp3) is 0.407. The van der Waals surface area contributed by atoms with Crippen molar-refractivity contribution in [3.63, 3.8) is 0 Å². The number of rotatable bonds is 14. The highest BCUT2D eigenvalue weighted by molar-refractivity contribution is 7.89. The third-order valence-electron chi connectivity index (χ3n) is 5.63. The summed E-state index contributed by atoms with van der Waals surface area (Å²) in [6, 6.07) is 16.0. The van der Waals surface area contributed by atoms with E-state index in [1.165, 1.54) is 12.1 Å². The quantitative estimate of drug-likeness (QED) is 0.151. The highest BCUT2D eigenvalue weighted by Crippen LogP contribution is 2.29. The second-order valence-electron chi connectivity index (χ2n) is 9.91. The van der Waals surface area contributed by atoms with Crippen LogP contribution in [0.3, 0.4) is 0 Å². The SMILES string of the molecule is CC(C)(C)NC(=O)O[C@](C=O)(CCCCNS(=O)(=O)c1ccccc1)N(Cc1cccs1)Cc1cccs1. The van der Waals surface area contributed by atoms with Crippen LogP contribution in [0.25, 0.3) is 0 Å². The number of benzene rings is 1. The van der Waals surface area contributed by atoms with Crippen LogP contribution in [0.15, 0.2) is 70.3 Å². The molecular formula is C27H35N3O5S3. The highest BCUT2D eigenvalue weighted by Gasteiger charge is 2.41. The monoisotopic (exact) mass is 577 g/mol. The molecule has 1 atom stereocenters. The molecule has 0 fully saturated rings. The van der Waals surface area contributed by atoms with Crippen LogP contribution in [-0.4, -0.2) is 43.5 Å². The maximum absolute atomic E-state index is 12.9. The lowest BCUT2D eigenvalue weighted by Crippen LogP contribution is -2.55. The van der Waals surface area contributed by atoms with E-state index in [-0.39, 0.29) is 17.9 Å². The second-order valence-corrected chi connectivity index (χ2v) is 13.7. The average molecular weight is 578 g/mol. The molecule has 0 radical (unpaired) electrons. The van der Waals surface area contributed by atoms with Gasteiger partial charge < -0.3 is 10.1 Å². The van der Waals surface area contributed by atoms with Gasteiger partial charge in [-0.25, -0.2) is 22.8 Å². The number of hydrogen-bond acceptors (Lipinski definition) is 8. The lowest BCUT2D eigenvalue weighted by atomic mass is 10.0. The highest BCUT2D eigenvalue weighted by atomic mass is 32.2. The summed E-state index contributed by atoms with van der Waals surface area (Å²) in [5.41, 5.74) is -2.09. The fourth-order valence-corrected chi connectivity index (χ4v) is 6.36. The predicted molar refractivity (Wildman–Crippen MR) is 152 cm³/mol. The molecule has 0 aliphatic rings. The van der Waals surface area contributed by atoms with Gasteiger partial charge in [-0.15, -0.1) is 22.7 Å². The molecule has 0 aliphatic carbocycles. The van der Waals surface area contributed by atoms with Crippen LogP contribution in [-0.2, 0) is 32.6 Å². The zero-order chi connectivity index (χ0) is 27.7. The van der Waals surface area contributed by atoms with E-state index >= 15 is 0 Å². The number of hydrogen-bond donors (Lipinski definition) is 2. The minimum absolute atomic E-state index is 0.191. The van der Waals surface area contributed by atoms with Crippen molar-refractivity contribution in [1.82, 2.24) is 14.9 Å². The van der Waals surface area contributed by atoms with Crippen LogP contribution in [0.5, 0.6) is 0 Å². The lowest BCUT2D eigenvalue weighted by Gasteiger charge is -2.39. The Labute approximate surface area is 233 Å². The third-order valence-corrected chi connectivity index (χ3v) is 8.83. The summed E-state index contributed by atoms with van der Waals surface area (Å²) in [6.07, 6.45) is 1.13. The van der Waals surface area contributed by atoms with Gasteiger partial charge in [0.15, 0.2) is 6.29 Å². The van der Waals surface area contributed by atoms with Crippen LogP contribution in [0.4, 0.5) is 4.79 Å². The summed E-state index contributed by atoms with van der Waals surface area (Å²) in [7, 11) is -3.63. The molecule has 206 valence electrons. The molecule has 1 amide bonds. The molecule has 2 N–H and O–H groups in total. The molecule has 0 saturated carbocycles. The van der Waals surface area contributed by atoms with Crippen molar-refractivity contribution in [3.05, 3.63) is 75.1 Å². The molecule has 2 aromatic heterocycles. The topological polar surface area (TPSA) is 105 Å². The molecule has 0 spiro atoms. The number of aldehydes is 1. The summed E-state index contributed by atoms with van der Waals surface area (Å²) in [6.45, 7) is 6.53. The summed E-state index contributed by atoms with van der Waals surface area (Å²) in [5, 5.41) is 6.72. The van der Waals surface area contributed by atoms with E-state index in [0.717, 1.165) is 9.75 Å². The minimum Gasteiger partial charge on any atom is -0.420 e. The molecule has 0 bridgehead atoms. The Morgan fingerprint density at radius 1 is 0.947 bits per heavy atom. The maximum atomic E-state index is 12.9. The molecule has 2 heterocycles. The Balaban J connectivity index is 1.77. The summed E-state index contributed by atoms with van der Waals surface area (Å²) >= 11 is 3.13.